The van der Waals surface area contributed by atoms with Crippen molar-refractivity contribution in [3.63, 3.8) is 0 Å². The summed E-state index contributed by atoms with van der Waals surface area (Å²) in [6.07, 6.45) is 0.758. The second kappa shape index (κ2) is 5.27. The van der Waals surface area contributed by atoms with Gasteiger partial charge in [-0.2, -0.15) is 0 Å². The lowest BCUT2D eigenvalue weighted by atomic mass is 9.77. The van der Waals surface area contributed by atoms with E-state index in [1.807, 2.05) is 0 Å². The summed E-state index contributed by atoms with van der Waals surface area (Å²) in [6, 6.07) is 2.80. The fourth-order valence-electron chi connectivity index (χ4n) is 3.07. The number of hydrogen-bond donors (Lipinski definition) is 1. The van der Waals surface area contributed by atoms with E-state index in [0.717, 1.165) is 12.0 Å². The molecule has 1 aromatic rings. The molecule has 3 aliphatic rings. The van der Waals surface area contributed by atoms with Crippen LogP contribution in [0, 0.1) is 5.82 Å². The molecule has 8 heteroatoms. The number of halogens is 1. The van der Waals surface area contributed by atoms with E-state index in [9.17, 15) is 14.2 Å². The highest BCUT2D eigenvalue weighted by Crippen LogP contribution is 2.60. The van der Waals surface area contributed by atoms with Gasteiger partial charge in [-0.25, -0.2) is 9.18 Å². The van der Waals surface area contributed by atoms with Crippen molar-refractivity contribution in [1.29, 1.82) is 0 Å². The molecule has 0 spiro atoms. The molecule has 2 heterocycles. The molecular weight excluding hydrogens is 318 g/mol. The average Bonchev–Trinajstić information content (AvgIpc) is 3.26. The summed E-state index contributed by atoms with van der Waals surface area (Å²) >= 11 is 0. The third kappa shape index (κ3) is 2.34. The van der Waals surface area contributed by atoms with Gasteiger partial charge in [-0.3, -0.25) is 0 Å². The normalized spacial score (nSPS) is 23.8. The van der Waals surface area contributed by atoms with E-state index >= 15 is 0 Å². The van der Waals surface area contributed by atoms with Crippen molar-refractivity contribution in [3.8, 4) is 5.75 Å². The van der Waals surface area contributed by atoms with Crippen LogP contribution in [0.25, 0.3) is 0 Å². The van der Waals surface area contributed by atoms with Crippen molar-refractivity contribution in [3.05, 3.63) is 53.1 Å². The molecule has 0 saturated heterocycles. The first-order valence-corrected chi connectivity index (χ1v) is 7.54. The van der Waals surface area contributed by atoms with E-state index in [2.05, 4.69) is 6.58 Å². The molecule has 2 atom stereocenters. The van der Waals surface area contributed by atoms with Crippen LogP contribution in [0.15, 0.2) is 36.2 Å². The highest BCUT2D eigenvalue weighted by Gasteiger charge is 2.54. The quantitative estimate of drug-likeness (QED) is 0.677. The number of carbonyl (C=O) groups excluding carboxylic acids is 1. The van der Waals surface area contributed by atoms with E-state index in [4.69, 9.17) is 18.9 Å². The Kier molecular flexibility index (Phi) is 3.31. The second-order valence-corrected chi connectivity index (χ2v) is 5.99. The smallest absolute Gasteiger partial charge is 0.526 e. The van der Waals surface area contributed by atoms with Gasteiger partial charge in [-0.1, -0.05) is 6.07 Å². The molecule has 0 radical (unpaired) electrons. The minimum Gasteiger partial charge on any atom is -0.535 e. The number of ether oxygens (including phenoxy) is 3. The topological polar surface area (TPSA) is 74.2 Å². The summed E-state index contributed by atoms with van der Waals surface area (Å²) in [5, 5.41) is 9.88. The number of benzene rings is 1. The number of hydrogen-bond acceptors (Lipinski definition) is 6. The number of rotatable bonds is 3. The summed E-state index contributed by atoms with van der Waals surface area (Å²) in [5.41, 5.74) is 0.413. The molecule has 6 nitrogen and oxygen atoms in total. The summed E-state index contributed by atoms with van der Waals surface area (Å²) in [4.78, 5) is 12.3. The fraction of sp³-hybridized carbons (Fsp3) is 0.312. The lowest BCUT2D eigenvalue weighted by molar-refractivity contribution is 0.0478. The van der Waals surface area contributed by atoms with Gasteiger partial charge in [0.25, 0.3) is 5.95 Å². The zero-order valence-electron chi connectivity index (χ0n) is 12.9. The van der Waals surface area contributed by atoms with Crippen molar-refractivity contribution < 1.29 is 33.1 Å². The van der Waals surface area contributed by atoms with Gasteiger partial charge in [0.1, 0.15) is 22.9 Å². The molecule has 1 N–H and O–H groups in total. The van der Waals surface area contributed by atoms with Gasteiger partial charge in [-0.05, 0) is 37.5 Å². The molecule has 0 unspecified atom stereocenters. The molecule has 124 valence electrons. The maximum Gasteiger partial charge on any atom is 0.526 e. The fourth-order valence-corrected chi connectivity index (χ4v) is 3.07. The van der Waals surface area contributed by atoms with Crippen LogP contribution in [-0.4, -0.2) is 24.7 Å². The van der Waals surface area contributed by atoms with Crippen molar-refractivity contribution in [2.24, 2.45) is 0 Å². The van der Waals surface area contributed by atoms with Crippen LogP contribution in [0.3, 0.4) is 0 Å². The minimum atomic E-state index is -1.03. The maximum atomic E-state index is 14.2. The van der Waals surface area contributed by atoms with Crippen molar-refractivity contribution in [1.82, 2.24) is 0 Å². The Morgan fingerprint density at radius 3 is 3.00 bits per heavy atom. The molecule has 1 aromatic carbocycles. The lowest BCUT2D eigenvalue weighted by Crippen LogP contribution is -2.28. The van der Waals surface area contributed by atoms with Gasteiger partial charge in [0.2, 0.25) is 0 Å². The van der Waals surface area contributed by atoms with Gasteiger partial charge in [0, 0.05) is 5.82 Å². The van der Waals surface area contributed by atoms with E-state index < -0.39 is 18.9 Å². The van der Waals surface area contributed by atoms with Crippen LogP contribution in [0.2, 0.25) is 5.82 Å². The number of carbonyl (C=O) groups is 1. The highest BCUT2D eigenvalue weighted by molar-refractivity contribution is 6.48. The first-order chi connectivity index (χ1) is 11.5. The van der Waals surface area contributed by atoms with Crippen LogP contribution in [0.5, 0.6) is 5.75 Å². The Hall–Kier alpha value is -2.48. The van der Waals surface area contributed by atoms with Crippen LogP contribution in [0.1, 0.15) is 35.2 Å². The van der Waals surface area contributed by atoms with Crippen molar-refractivity contribution in [2.45, 2.75) is 25.1 Å². The molecule has 1 aliphatic carbocycles. The van der Waals surface area contributed by atoms with Gasteiger partial charge in [-0.15, -0.1) is 0 Å². The molecule has 1 fully saturated rings. The Bertz CT molecular complexity index is 789. The second-order valence-electron chi connectivity index (χ2n) is 5.99. The molecule has 0 bridgehead atoms. The summed E-state index contributed by atoms with van der Waals surface area (Å²) in [5.74, 6) is -0.679. The van der Waals surface area contributed by atoms with Gasteiger partial charge in [0.15, 0.2) is 12.4 Å². The lowest BCUT2D eigenvalue weighted by Gasteiger charge is -2.21. The van der Waals surface area contributed by atoms with Gasteiger partial charge >= 0.3 is 13.1 Å². The van der Waals surface area contributed by atoms with Gasteiger partial charge < -0.3 is 23.9 Å². The number of fused-ring (bicyclic) bond motifs is 3. The van der Waals surface area contributed by atoms with Crippen LogP contribution >= 0.6 is 0 Å². The van der Waals surface area contributed by atoms with Crippen LogP contribution in [0.4, 0.5) is 4.39 Å². The monoisotopic (exact) mass is 332 g/mol. The number of allylic oxidation sites excluding steroid dienone is 1. The van der Waals surface area contributed by atoms with E-state index in [0.29, 0.717) is 11.5 Å². The molecular formula is C16H14BFO6. The third-order valence-electron chi connectivity index (χ3n) is 4.42. The zero-order chi connectivity index (χ0) is 17.0. The minimum absolute atomic E-state index is 0.00897. The predicted molar refractivity (Wildman–Crippen MR) is 80.4 cm³/mol. The van der Waals surface area contributed by atoms with E-state index in [1.165, 1.54) is 6.07 Å². The first kappa shape index (κ1) is 15.1. The SMILES string of the molecule is C=C1OC(C)=C(COC(=O)c2c(F)ccc3c2OB(O)[C@@H]2C[C@H]32)O1. The summed E-state index contributed by atoms with van der Waals surface area (Å²) < 4.78 is 34.9. The number of esters is 1. The first-order valence-electron chi connectivity index (χ1n) is 7.54. The molecule has 1 saturated carbocycles. The Labute approximate surface area is 137 Å². The summed E-state index contributed by atoms with van der Waals surface area (Å²) in [6.45, 7) is 4.92. The van der Waals surface area contributed by atoms with Crippen molar-refractivity contribution >= 4 is 13.1 Å². The molecule has 0 aromatic heterocycles. The largest absolute Gasteiger partial charge is 0.535 e. The standard InChI is InChI=1S/C16H14BFO6/c1-7-13(23-8(2)22-7)6-21-16(19)14-12(18)4-3-9-10-5-11(10)17(20)24-15(9)14/h3-4,10-11,20H,2,5-6H2,1H3/t10-,11-/m1/s1. The van der Waals surface area contributed by atoms with Crippen molar-refractivity contribution in [2.75, 3.05) is 6.61 Å². The molecule has 24 heavy (non-hydrogen) atoms. The van der Waals surface area contributed by atoms with Gasteiger partial charge in [0.05, 0.1) is 0 Å². The van der Waals surface area contributed by atoms with E-state index in [-0.39, 0.29) is 35.6 Å². The molecule has 4 rings (SSSR count). The highest BCUT2D eigenvalue weighted by atomic mass is 19.1. The molecule has 2 aliphatic heterocycles. The average molecular weight is 332 g/mol. The summed E-state index contributed by atoms with van der Waals surface area (Å²) in [7, 11) is -1.03. The van der Waals surface area contributed by atoms with E-state index in [1.54, 1.807) is 13.0 Å². The molecule has 0 amide bonds. The third-order valence-corrected chi connectivity index (χ3v) is 4.42. The maximum absolute atomic E-state index is 14.2. The Morgan fingerprint density at radius 2 is 2.29 bits per heavy atom. The Morgan fingerprint density at radius 1 is 1.50 bits per heavy atom. The predicted octanol–water partition coefficient (Wildman–Crippen LogP) is 2.46. The van der Waals surface area contributed by atoms with Crippen LogP contribution < -0.4 is 4.65 Å². The van der Waals surface area contributed by atoms with Crippen LogP contribution in [-0.2, 0) is 14.2 Å². The Balaban J connectivity index is 1.58. The zero-order valence-corrected chi connectivity index (χ0v) is 12.9.